The van der Waals surface area contributed by atoms with E-state index in [-0.39, 0.29) is 6.03 Å². The molecule has 1 N–H and O–H groups in total. The third-order valence-electron chi connectivity index (χ3n) is 3.70. The molecule has 2 amide bonds. The lowest BCUT2D eigenvalue weighted by Crippen LogP contribution is -2.37. The lowest BCUT2D eigenvalue weighted by Gasteiger charge is -2.18. The molecule has 0 bridgehead atoms. The van der Waals surface area contributed by atoms with E-state index >= 15 is 0 Å². The van der Waals surface area contributed by atoms with E-state index in [1.165, 1.54) is 5.56 Å². The van der Waals surface area contributed by atoms with E-state index in [4.69, 9.17) is 0 Å². The van der Waals surface area contributed by atoms with Crippen LogP contribution in [0.2, 0.25) is 0 Å². The standard InChI is InChI=1S/C17H19N3O/c1-12-5-4-6-14(9-12)18-17(21)20-11-19(3)16-10-13(2)7-8-15(16)20/h4-10H,11H2,1-3H3,(H,18,21). The Kier molecular flexibility index (Phi) is 3.29. The molecule has 0 spiro atoms. The lowest BCUT2D eigenvalue weighted by molar-refractivity contribution is 0.257. The number of fused-ring (bicyclic) bond motifs is 1. The first kappa shape index (κ1) is 13.5. The molecule has 1 aliphatic rings. The summed E-state index contributed by atoms with van der Waals surface area (Å²) < 4.78 is 0. The molecule has 0 saturated carbocycles. The number of aryl methyl sites for hydroxylation is 2. The van der Waals surface area contributed by atoms with Gasteiger partial charge in [0.15, 0.2) is 0 Å². The summed E-state index contributed by atoms with van der Waals surface area (Å²) in [5.74, 6) is 0. The normalized spacial score (nSPS) is 13.3. The highest BCUT2D eigenvalue weighted by Gasteiger charge is 2.28. The Morgan fingerprint density at radius 2 is 1.81 bits per heavy atom. The van der Waals surface area contributed by atoms with Crippen LogP contribution in [0.1, 0.15) is 11.1 Å². The maximum atomic E-state index is 12.5. The van der Waals surface area contributed by atoms with Crippen LogP contribution < -0.4 is 15.1 Å². The van der Waals surface area contributed by atoms with Crippen LogP contribution >= 0.6 is 0 Å². The number of urea groups is 1. The minimum atomic E-state index is -0.102. The number of benzene rings is 2. The van der Waals surface area contributed by atoms with Crippen LogP contribution in [0.25, 0.3) is 0 Å². The second-order valence-corrected chi connectivity index (χ2v) is 5.56. The van der Waals surface area contributed by atoms with Crippen molar-refractivity contribution in [3.8, 4) is 0 Å². The molecule has 0 aromatic heterocycles. The van der Waals surface area contributed by atoms with Gasteiger partial charge in [-0.05, 0) is 49.2 Å². The molecule has 0 unspecified atom stereocenters. The average Bonchev–Trinajstić information content (AvgIpc) is 2.76. The van der Waals surface area contributed by atoms with Crippen LogP contribution in [0.15, 0.2) is 42.5 Å². The van der Waals surface area contributed by atoms with Crippen molar-refractivity contribution in [2.45, 2.75) is 13.8 Å². The molecule has 4 nitrogen and oxygen atoms in total. The molecule has 3 rings (SSSR count). The Morgan fingerprint density at radius 3 is 2.57 bits per heavy atom. The SMILES string of the molecule is Cc1cccc(NC(=O)N2CN(C)c3cc(C)ccc32)c1. The molecule has 0 saturated heterocycles. The highest BCUT2D eigenvalue weighted by molar-refractivity contribution is 6.05. The Hall–Kier alpha value is -2.49. The van der Waals surface area contributed by atoms with Gasteiger partial charge in [-0.25, -0.2) is 4.79 Å². The van der Waals surface area contributed by atoms with Gasteiger partial charge in [-0.1, -0.05) is 18.2 Å². The Labute approximate surface area is 125 Å². The second-order valence-electron chi connectivity index (χ2n) is 5.56. The minimum absolute atomic E-state index is 0.102. The van der Waals surface area contributed by atoms with E-state index in [0.29, 0.717) is 6.67 Å². The zero-order chi connectivity index (χ0) is 15.0. The highest BCUT2D eigenvalue weighted by atomic mass is 16.2. The number of rotatable bonds is 1. The number of carbonyl (C=O) groups excluding carboxylic acids is 1. The molecule has 1 aliphatic heterocycles. The first-order valence-corrected chi connectivity index (χ1v) is 7.01. The molecule has 1 heterocycles. The molecule has 0 aliphatic carbocycles. The van der Waals surface area contributed by atoms with Gasteiger partial charge in [0, 0.05) is 12.7 Å². The van der Waals surface area contributed by atoms with E-state index in [0.717, 1.165) is 22.6 Å². The van der Waals surface area contributed by atoms with Crippen molar-refractivity contribution >= 4 is 23.1 Å². The van der Waals surface area contributed by atoms with Gasteiger partial charge in [-0.2, -0.15) is 0 Å². The molecule has 0 atom stereocenters. The van der Waals surface area contributed by atoms with Crippen molar-refractivity contribution in [3.05, 3.63) is 53.6 Å². The quantitative estimate of drug-likeness (QED) is 0.864. The van der Waals surface area contributed by atoms with E-state index in [9.17, 15) is 4.79 Å². The molecule has 108 valence electrons. The first-order valence-electron chi connectivity index (χ1n) is 7.01. The molecular weight excluding hydrogens is 262 g/mol. The fourth-order valence-electron chi connectivity index (χ4n) is 2.62. The second kappa shape index (κ2) is 5.13. The highest BCUT2D eigenvalue weighted by Crippen LogP contribution is 2.35. The number of carbonyl (C=O) groups is 1. The summed E-state index contributed by atoms with van der Waals surface area (Å²) in [5, 5.41) is 2.96. The maximum absolute atomic E-state index is 12.5. The number of amides is 2. The molecule has 2 aromatic rings. The van der Waals surface area contributed by atoms with Crippen LogP contribution in [-0.4, -0.2) is 19.7 Å². The van der Waals surface area contributed by atoms with E-state index < -0.39 is 0 Å². The number of nitrogens with zero attached hydrogens (tertiary/aromatic N) is 2. The lowest BCUT2D eigenvalue weighted by atomic mass is 10.2. The van der Waals surface area contributed by atoms with Gasteiger partial charge < -0.3 is 10.2 Å². The Morgan fingerprint density at radius 1 is 1.05 bits per heavy atom. The third kappa shape index (κ3) is 2.57. The summed E-state index contributed by atoms with van der Waals surface area (Å²) in [5.41, 5.74) is 5.19. The predicted molar refractivity (Wildman–Crippen MR) is 87.1 cm³/mol. The third-order valence-corrected chi connectivity index (χ3v) is 3.70. The van der Waals surface area contributed by atoms with E-state index in [1.807, 2.05) is 50.4 Å². The summed E-state index contributed by atoms with van der Waals surface area (Å²) in [7, 11) is 2.00. The van der Waals surface area contributed by atoms with Gasteiger partial charge in [0.05, 0.1) is 18.0 Å². The molecule has 0 fully saturated rings. The summed E-state index contributed by atoms with van der Waals surface area (Å²) in [6.07, 6.45) is 0. The van der Waals surface area contributed by atoms with Gasteiger partial charge in [0.25, 0.3) is 0 Å². The molecular formula is C17H19N3O. The fourth-order valence-corrected chi connectivity index (χ4v) is 2.62. The minimum Gasteiger partial charge on any atom is -0.355 e. The Balaban J connectivity index is 1.84. The van der Waals surface area contributed by atoms with Crippen LogP contribution in [-0.2, 0) is 0 Å². The average molecular weight is 281 g/mol. The zero-order valence-corrected chi connectivity index (χ0v) is 12.6. The summed E-state index contributed by atoms with van der Waals surface area (Å²) in [4.78, 5) is 16.3. The van der Waals surface area contributed by atoms with Gasteiger partial charge >= 0.3 is 6.03 Å². The topological polar surface area (TPSA) is 35.6 Å². The van der Waals surface area contributed by atoms with Crippen LogP contribution in [0.3, 0.4) is 0 Å². The fraction of sp³-hybridized carbons (Fsp3) is 0.235. The monoisotopic (exact) mass is 281 g/mol. The molecule has 4 heteroatoms. The smallest absolute Gasteiger partial charge is 0.327 e. The van der Waals surface area contributed by atoms with Crippen LogP contribution in [0.4, 0.5) is 21.9 Å². The van der Waals surface area contributed by atoms with Crippen molar-refractivity contribution in [1.82, 2.24) is 0 Å². The Bertz CT molecular complexity index is 696. The largest absolute Gasteiger partial charge is 0.355 e. The van der Waals surface area contributed by atoms with Crippen LogP contribution in [0.5, 0.6) is 0 Å². The summed E-state index contributed by atoms with van der Waals surface area (Å²) in [6.45, 7) is 4.64. The van der Waals surface area contributed by atoms with Crippen molar-refractivity contribution in [2.24, 2.45) is 0 Å². The van der Waals surface area contributed by atoms with Gasteiger partial charge in [0.2, 0.25) is 0 Å². The van der Waals surface area contributed by atoms with Gasteiger partial charge in [-0.3, -0.25) is 4.90 Å². The number of anilines is 3. The summed E-state index contributed by atoms with van der Waals surface area (Å²) >= 11 is 0. The predicted octanol–water partition coefficient (Wildman–Crippen LogP) is 3.75. The van der Waals surface area contributed by atoms with Crippen molar-refractivity contribution in [1.29, 1.82) is 0 Å². The first-order chi connectivity index (χ1) is 10.0. The van der Waals surface area contributed by atoms with Crippen molar-refractivity contribution in [3.63, 3.8) is 0 Å². The van der Waals surface area contributed by atoms with Crippen LogP contribution in [0, 0.1) is 13.8 Å². The number of hydrogen-bond donors (Lipinski definition) is 1. The van der Waals surface area contributed by atoms with Crippen molar-refractivity contribution < 1.29 is 4.79 Å². The number of hydrogen-bond acceptors (Lipinski definition) is 2. The van der Waals surface area contributed by atoms with E-state index in [1.54, 1.807) is 4.90 Å². The van der Waals surface area contributed by atoms with E-state index in [2.05, 4.69) is 23.2 Å². The van der Waals surface area contributed by atoms with Gasteiger partial charge in [0.1, 0.15) is 0 Å². The molecule has 0 radical (unpaired) electrons. The van der Waals surface area contributed by atoms with Gasteiger partial charge in [-0.15, -0.1) is 0 Å². The summed E-state index contributed by atoms with van der Waals surface area (Å²) in [6, 6.07) is 13.9. The zero-order valence-electron chi connectivity index (χ0n) is 12.6. The maximum Gasteiger partial charge on any atom is 0.327 e. The molecule has 21 heavy (non-hydrogen) atoms. The molecule has 2 aromatic carbocycles. The number of nitrogens with one attached hydrogen (secondary N) is 1. The van der Waals surface area contributed by atoms with Crippen molar-refractivity contribution in [2.75, 3.05) is 28.8 Å².